The summed E-state index contributed by atoms with van der Waals surface area (Å²) in [6.07, 6.45) is -0.462. The number of carboxylic acids is 2. The summed E-state index contributed by atoms with van der Waals surface area (Å²) in [6.45, 7) is 3.47. The topological polar surface area (TPSA) is 121 Å². The Morgan fingerprint density at radius 1 is 1.29 bits per heavy atom. The second-order valence-corrected chi connectivity index (χ2v) is 3.82. The maximum atomic E-state index is 11.7. The molecule has 7 heteroatoms. The van der Waals surface area contributed by atoms with Crippen LogP contribution in [0.2, 0.25) is 0 Å². The number of carboxylic acid groups (broad SMARTS) is 2. The SMILES string of the molecule is CCN(CC(C)C(=O)O)C(=O)C(N)CC(=O)O. The largest absolute Gasteiger partial charge is 0.481 e. The molecule has 17 heavy (non-hydrogen) atoms. The van der Waals surface area contributed by atoms with Gasteiger partial charge in [-0.3, -0.25) is 14.4 Å². The van der Waals surface area contributed by atoms with Gasteiger partial charge in [-0.15, -0.1) is 0 Å². The Labute approximate surface area is 99.2 Å². The first-order valence-corrected chi connectivity index (χ1v) is 5.28. The van der Waals surface area contributed by atoms with E-state index in [1.54, 1.807) is 6.92 Å². The number of aliphatic carboxylic acids is 2. The number of hydrogen-bond acceptors (Lipinski definition) is 4. The molecule has 1 amide bonds. The zero-order chi connectivity index (χ0) is 13.6. The van der Waals surface area contributed by atoms with Crippen LogP contribution in [0, 0.1) is 5.92 Å². The molecule has 0 aromatic heterocycles. The van der Waals surface area contributed by atoms with Gasteiger partial charge < -0.3 is 20.8 Å². The lowest BCUT2D eigenvalue weighted by Crippen LogP contribution is -2.47. The molecule has 2 atom stereocenters. The Balaban J connectivity index is 4.49. The van der Waals surface area contributed by atoms with Crippen LogP contribution in [0.1, 0.15) is 20.3 Å². The minimum Gasteiger partial charge on any atom is -0.481 e. The van der Waals surface area contributed by atoms with Gasteiger partial charge in [0, 0.05) is 13.1 Å². The van der Waals surface area contributed by atoms with Crippen LogP contribution in [0.4, 0.5) is 0 Å². The van der Waals surface area contributed by atoms with Crippen molar-refractivity contribution in [2.24, 2.45) is 11.7 Å². The van der Waals surface area contributed by atoms with Crippen LogP contribution >= 0.6 is 0 Å². The van der Waals surface area contributed by atoms with E-state index in [0.717, 1.165) is 0 Å². The molecule has 98 valence electrons. The van der Waals surface area contributed by atoms with Gasteiger partial charge in [0.15, 0.2) is 0 Å². The van der Waals surface area contributed by atoms with Gasteiger partial charge in [0.1, 0.15) is 0 Å². The second-order valence-electron chi connectivity index (χ2n) is 3.82. The molecule has 0 saturated carbocycles. The average molecular weight is 246 g/mol. The normalized spacial score (nSPS) is 13.8. The molecule has 0 spiro atoms. The Morgan fingerprint density at radius 2 is 1.82 bits per heavy atom. The standard InChI is InChI=1S/C10H18N2O5/c1-3-12(5-6(2)10(16)17)9(15)7(11)4-8(13)14/h6-7H,3-5,11H2,1-2H3,(H,13,14)(H,16,17). The van der Waals surface area contributed by atoms with Crippen LogP contribution in [0.15, 0.2) is 0 Å². The lowest BCUT2D eigenvalue weighted by molar-refractivity contribution is -0.145. The number of hydrogen-bond donors (Lipinski definition) is 3. The molecule has 0 aromatic carbocycles. The Kier molecular flexibility index (Phi) is 6.19. The Bertz CT molecular complexity index is 305. The fourth-order valence-corrected chi connectivity index (χ4v) is 1.29. The monoisotopic (exact) mass is 246 g/mol. The van der Waals surface area contributed by atoms with Gasteiger partial charge in [-0.05, 0) is 6.92 Å². The number of nitrogens with two attached hydrogens (primary N) is 1. The molecule has 0 fully saturated rings. The Hall–Kier alpha value is -1.63. The maximum absolute atomic E-state index is 11.7. The van der Waals surface area contributed by atoms with E-state index in [0.29, 0.717) is 6.54 Å². The Morgan fingerprint density at radius 3 is 2.18 bits per heavy atom. The molecule has 0 saturated heterocycles. The first kappa shape index (κ1) is 15.4. The van der Waals surface area contributed by atoms with E-state index in [-0.39, 0.29) is 6.54 Å². The molecule has 0 bridgehead atoms. The van der Waals surface area contributed by atoms with Crippen molar-refractivity contribution < 1.29 is 24.6 Å². The van der Waals surface area contributed by atoms with Gasteiger partial charge in [0.05, 0.1) is 18.4 Å². The number of nitrogens with zero attached hydrogens (tertiary/aromatic N) is 1. The van der Waals surface area contributed by atoms with Crippen molar-refractivity contribution in [2.75, 3.05) is 13.1 Å². The predicted molar refractivity (Wildman–Crippen MR) is 59.3 cm³/mol. The highest BCUT2D eigenvalue weighted by Crippen LogP contribution is 2.04. The van der Waals surface area contributed by atoms with Crippen molar-refractivity contribution in [1.82, 2.24) is 4.90 Å². The zero-order valence-corrected chi connectivity index (χ0v) is 9.92. The van der Waals surface area contributed by atoms with Crippen molar-refractivity contribution in [2.45, 2.75) is 26.3 Å². The van der Waals surface area contributed by atoms with Crippen molar-refractivity contribution in [3.63, 3.8) is 0 Å². The van der Waals surface area contributed by atoms with E-state index in [9.17, 15) is 14.4 Å². The molecule has 7 nitrogen and oxygen atoms in total. The summed E-state index contributed by atoms with van der Waals surface area (Å²) in [7, 11) is 0. The highest BCUT2D eigenvalue weighted by molar-refractivity contribution is 5.86. The second kappa shape index (κ2) is 6.85. The minimum absolute atomic E-state index is 0.0258. The first-order valence-electron chi connectivity index (χ1n) is 5.28. The van der Waals surface area contributed by atoms with Crippen LogP contribution in [0.3, 0.4) is 0 Å². The van der Waals surface area contributed by atoms with Crippen LogP contribution in [-0.4, -0.2) is 52.1 Å². The smallest absolute Gasteiger partial charge is 0.308 e. The van der Waals surface area contributed by atoms with Crippen LogP contribution in [0.5, 0.6) is 0 Å². The molecule has 2 unspecified atom stereocenters. The van der Waals surface area contributed by atoms with Gasteiger partial charge in [-0.2, -0.15) is 0 Å². The van der Waals surface area contributed by atoms with Crippen molar-refractivity contribution in [3.05, 3.63) is 0 Å². The molecule has 0 aliphatic rings. The third kappa shape index (κ3) is 5.30. The summed E-state index contributed by atoms with van der Waals surface area (Å²) in [5.74, 6) is -3.42. The summed E-state index contributed by atoms with van der Waals surface area (Å²) in [5.41, 5.74) is 5.43. The first-order chi connectivity index (χ1) is 7.79. The lowest BCUT2D eigenvalue weighted by atomic mass is 10.1. The summed E-state index contributed by atoms with van der Waals surface area (Å²) in [6, 6.07) is -1.13. The summed E-state index contributed by atoms with van der Waals surface area (Å²) >= 11 is 0. The molecule has 0 radical (unpaired) electrons. The van der Waals surface area contributed by atoms with Crippen molar-refractivity contribution >= 4 is 17.8 Å². The van der Waals surface area contributed by atoms with E-state index >= 15 is 0 Å². The fraction of sp³-hybridized carbons (Fsp3) is 0.700. The third-order valence-corrected chi connectivity index (χ3v) is 2.32. The number of likely N-dealkylation sites (N-methyl/N-ethyl adjacent to an activating group) is 1. The van der Waals surface area contributed by atoms with E-state index < -0.39 is 36.2 Å². The average Bonchev–Trinajstić information content (AvgIpc) is 2.23. The van der Waals surface area contributed by atoms with E-state index in [2.05, 4.69) is 0 Å². The molecule has 4 N–H and O–H groups in total. The highest BCUT2D eigenvalue weighted by atomic mass is 16.4. The van der Waals surface area contributed by atoms with E-state index in [4.69, 9.17) is 15.9 Å². The van der Waals surface area contributed by atoms with Crippen molar-refractivity contribution in [1.29, 1.82) is 0 Å². The highest BCUT2D eigenvalue weighted by Gasteiger charge is 2.25. The quantitative estimate of drug-likeness (QED) is 0.549. The van der Waals surface area contributed by atoms with Gasteiger partial charge in [-0.25, -0.2) is 0 Å². The van der Waals surface area contributed by atoms with Gasteiger partial charge in [0.2, 0.25) is 5.91 Å². The van der Waals surface area contributed by atoms with Gasteiger partial charge in [-0.1, -0.05) is 6.92 Å². The molecule has 0 heterocycles. The number of carbonyl (C=O) groups excluding carboxylic acids is 1. The van der Waals surface area contributed by atoms with E-state index in [1.807, 2.05) is 0 Å². The molecular formula is C10H18N2O5. The summed E-state index contributed by atoms with van der Waals surface area (Å²) < 4.78 is 0. The minimum atomic E-state index is -1.16. The van der Waals surface area contributed by atoms with Crippen LogP contribution in [-0.2, 0) is 14.4 Å². The van der Waals surface area contributed by atoms with Crippen molar-refractivity contribution in [3.8, 4) is 0 Å². The number of rotatable bonds is 7. The van der Waals surface area contributed by atoms with Gasteiger partial charge in [0.25, 0.3) is 0 Å². The summed E-state index contributed by atoms with van der Waals surface area (Å²) in [4.78, 5) is 34.0. The molecule has 0 aliphatic heterocycles. The summed E-state index contributed by atoms with van der Waals surface area (Å²) in [5, 5.41) is 17.2. The van der Waals surface area contributed by atoms with Crippen LogP contribution < -0.4 is 5.73 Å². The number of amides is 1. The molecule has 0 aromatic rings. The van der Waals surface area contributed by atoms with Crippen LogP contribution in [0.25, 0.3) is 0 Å². The lowest BCUT2D eigenvalue weighted by Gasteiger charge is -2.25. The molecular weight excluding hydrogens is 228 g/mol. The fourth-order valence-electron chi connectivity index (χ4n) is 1.29. The van der Waals surface area contributed by atoms with E-state index in [1.165, 1.54) is 11.8 Å². The third-order valence-electron chi connectivity index (χ3n) is 2.32. The predicted octanol–water partition coefficient (Wildman–Crippen LogP) is -0.642. The molecule has 0 aliphatic carbocycles. The zero-order valence-electron chi connectivity index (χ0n) is 9.92. The number of carbonyl (C=O) groups is 3. The van der Waals surface area contributed by atoms with Gasteiger partial charge >= 0.3 is 11.9 Å². The molecule has 0 rings (SSSR count). The maximum Gasteiger partial charge on any atom is 0.308 e.